The van der Waals surface area contributed by atoms with Crippen molar-refractivity contribution >= 4 is 23.4 Å². The molecule has 20 heavy (non-hydrogen) atoms. The molecular weight excluding hydrogens is 280 g/mol. The number of aryl methyl sites for hydroxylation is 2. The van der Waals surface area contributed by atoms with Crippen molar-refractivity contribution in [2.45, 2.75) is 6.92 Å². The summed E-state index contributed by atoms with van der Waals surface area (Å²) in [6.45, 7) is 1.67. The van der Waals surface area contributed by atoms with Gasteiger partial charge in [0.05, 0.1) is 5.69 Å². The van der Waals surface area contributed by atoms with E-state index >= 15 is 0 Å². The van der Waals surface area contributed by atoms with Crippen LogP contribution in [0.25, 0.3) is 0 Å². The highest BCUT2D eigenvalue weighted by atomic mass is 35.5. The van der Waals surface area contributed by atoms with E-state index in [9.17, 15) is 9.59 Å². The summed E-state index contributed by atoms with van der Waals surface area (Å²) in [6, 6.07) is 8.56. The first-order valence-electron chi connectivity index (χ1n) is 5.85. The van der Waals surface area contributed by atoms with E-state index in [0.717, 1.165) is 0 Å². The number of nitrogens with zero attached hydrogens (tertiary/aromatic N) is 2. The maximum atomic E-state index is 12.0. The Hall–Kier alpha value is -2.34. The zero-order valence-electron chi connectivity index (χ0n) is 11.0. The minimum absolute atomic E-state index is 0.217. The zero-order chi connectivity index (χ0) is 14.7. The summed E-state index contributed by atoms with van der Waals surface area (Å²) in [5.41, 5.74) is 5.82. The lowest BCUT2D eigenvalue weighted by Crippen LogP contribution is -2.41. The van der Waals surface area contributed by atoms with Crippen molar-refractivity contribution in [2.75, 3.05) is 0 Å². The SMILES string of the molecule is Cc1nn(C)c(Cl)c1C(=O)NNC(=O)c1ccccc1. The van der Waals surface area contributed by atoms with Gasteiger partial charge in [0.1, 0.15) is 10.7 Å². The second kappa shape index (κ2) is 5.75. The quantitative estimate of drug-likeness (QED) is 0.823. The summed E-state index contributed by atoms with van der Waals surface area (Å²) in [7, 11) is 1.63. The summed E-state index contributed by atoms with van der Waals surface area (Å²) in [6.07, 6.45) is 0. The maximum Gasteiger partial charge on any atom is 0.274 e. The number of rotatable bonds is 2. The van der Waals surface area contributed by atoms with Gasteiger partial charge < -0.3 is 0 Å². The molecule has 0 spiro atoms. The maximum absolute atomic E-state index is 12.0. The summed E-state index contributed by atoms with van der Waals surface area (Å²) in [5.74, 6) is -0.915. The molecule has 6 nitrogen and oxygen atoms in total. The molecule has 0 fully saturated rings. The Morgan fingerprint density at radius 2 is 1.75 bits per heavy atom. The first-order chi connectivity index (χ1) is 9.50. The first-order valence-corrected chi connectivity index (χ1v) is 6.23. The molecule has 0 saturated carbocycles. The van der Waals surface area contributed by atoms with Crippen LogP contribution in [0.5, 0.6) is 0 Å². The summed E-state index contributed by atoms with van der Waals surface area (Å²) in [4.78, 5) is 23.7. The molecule has 1 aromatic carbocycles. The highest BCUT2D eigenvalue weighted by Crippen LogP contribution is 2.17. The lowest BCUT2D eigenvalue weighted by molar-refractivity contribution is 0.0846. The van der Waals surface area contributed by atoms with Crippen LogP contribution in [-0.4, -0.2) is 21.6 Å². The normalized spacial score (nSPS) is 10.2. The lowest BCUT2D eigenvalue weighted by Gasteiger charge is -2.07. The average Bonchev–Trinajstić information content (AvgIpc) is 2.70. The minimum Gasteiger partial charge on any atom is -0.267 e. The molecule has 7 heteroatoms. The van der Waals surface area contributed by atoms with Crippen LogP contribution in [-0.2, 0) is 7.05 Å². The van der Waals surface area contributed by atoms with Crippen LogP contribution in [0.2, 0.25) is 5.15 Å². The van der Waals surface area contributed by atoms with E-state index in [1.54, 1.807) is 44.3 Å². The van der Waals surface area contributed by atoms with E-state index in [1.165, 1.54) is 4.68 Å². The molecular formula is C13H13ClN4O2. The predicted molar refractivity (Wildman–Crippen MR) is 74.3 cm³/mol. The smallest absolute Gasteiger partial charge is 0.267 e. The van der Waals surface area contributed by atoms with Gasteiger partial charge in [-0.15, -0.1) is 0 Å². The van der Waals surface area contributed by atoms with Crippen molar-refractivity contribution in [1.29, 1.82) is 0 Å². The number of hydrogen-bond acceptors (Lipinski definition) is 3. The molecule has 0 saturated heterocycles. The molecule has 0 radical (unpaired) electrons. The van der Waals surface area contributed by atoms with Gasteiger partial charge >= 0.3 is 0 Å². The third kappa shape index (κ3) is 2.80. The van der Waals surface area contributed by atoms with Crippen LogP contribution in [0.15, 0.2) is 30.3 Å². The van der Waals surface area contributed by atoms with Crippen LogP contribution in [0.1, 0.15) is 26.4 Å². The average molecular weight is 293 g/mol. The van der Waals surface area contributed by atoms with Gasteiger partial charge in [-0.25, -0.2) is 0 Å². The van der Waals surface area contributed by atoms with E-state index in [0.29, 0.717) is 11.3 Å². The van der Waals surface area contributed by atoms with Gasteiger partial charge in [0.2, 0.25) is 0 Å². The molecule has 0 aliphatic heterocycles. The van der Waals surface area contributed by atoms with Crippen molar-refractivity contribution in [1.82, 2.24) is 20.6 Å². The van der Waals surface area contributed by atoms with Gasteiger partial charge in [-0.05, 0) is 19.1 Å². The molecule has 0 aliphatic carbocycles. The number of hydrazine groups is 1. The zero-order valence-corrected chi connectivity index (χ0v) is 11.7. The Bertz CT molecular complexity index is 652. The summed E-state index contributed by atoms with van der Waals surface area (Å²) >= 11 is 5.97. The lowest BCUT2D eigenvalue weighted by atomic mass is 10.2. The molecule has 2 amide bonds. The van der Waals surface area contributed by atoms with Crippen molar-refractivity contribution in [3.05, 3.63) is 52.3 Å². The number of hydrogen-bond donors (Lipinski definition) is 2. The van der Waals surface area contributed by atoms with Crippen LogP contribution >= 0.6 is 11.6 Å². The Morgan fingerprint density at radius 3 is 2.30 bits per heavy atom. The molecule has 0 unspecified atom stereocenters. The van der Waals surface area contributed by atoms with Crippen LogP contribution < -0.4 is 10.9 Å². The number of nitrogens with one attached hydrogen (secondary N) is 2. The molecule has 1 aromatic heterocycles. The second-order valence-corrected chi connectivity index (χ2v) is 4.51. The third-order valence-corrected chi connectivity index (χ3v) is 3.14. The van der Waals surface area contributed by atoms with Gasteiger partial charge in [-0.3, -0.25) is 25.1 Å². The van der Waals surface area contributed by atoms with Crippen molar-refractivity contribution in [2.24, 2.45) is 7.05 Å². The predicted octanol–water partition coefficient (Wildman–Crippen LogP) is 1.46. The van der Waals surface area contributed by atoms with Crippen molar-refractivity contribution in [3.63, 3.8) is 0 Å². The number of carbonyl (C=O) groups excluding carboxylic acids is 2. The fourth-order valence-electron chi connectivity index (χ4n) is 1.73. The van der Waals surface area contributed by atoms with Gasteiger partial charge in [-0.1, -0.05) is 29.8 Å². The van der Waals surface area contributed by atoms with Crippen LogP contribution in [0, 0.1) is 6.92 Å². The molecule has 2 aromatic rings. The van der Waals surface area contributed by atoms with Gasteiger partial charge in [0, 0.05) is 12.6 Å². The van der Waals surface area contributed by atoms with Crippen LogP contribution in [0.3, 0.4) is 0 Å². The van der Waals surface area contributed by atoms with E-state index in [4.69, 9.17) is 11.6 Å². The fourth-order valence-corrected chi connectivity index (χ4v) is 1.99. The highest BCUT2D eigenvalue weighted by molar-refractivity contribution is 6.33. The fraction of sp³-hybridized carbons (Fsp3) is 0.154. The first kappa shape index (κ1) is 14.1. The highest BCUT2D eigenvalue weighted by Gasteiger charge is 2.19. The largest absolute Gasteiger partial charge is 0.274 e. The molecule has 104 valence electrons. The topological polar surface area (TPSA) is 76.0 Å². The number of benzene rings is 1. The molecule has 0 bridgehead atoms. The standard InChI is InChI=1S/C13H13ClN4O2/c1-8-10(11(14)18(2)17-8)13(20)16-15-12(19)9-6-4-3-5-7-9/h3-7H,1-2H3,(H,15,19)(H,16,20). The Balaban J connectivity index is 2.04. The Kier molecular flexibility index (Phi) is 4.05. The third-order valence-electron chi connectivity index (χ3n) is 2.70. The number of halogens is 1. The van der Waals surface area contributed by atoms with Gasteiger partial charge in [-0.2, -0.15) is 5.10 Å². The Labute approximate surface area is 120 Å². The van der Waals surface area contributed by atoms with Crippen LogP contribution in [0.4, 0.5) is 0 Å². The number of carbonyl (C=O) groups is 2. The van der Waals surface area contributed by atoms with E-state index in [-0.39, 0.29) is 10.7 Å². The monoisotopic (exact) mass is 292 g/mol. The molecule has 1 heterocycles. The van der Waals surface area contributed by atoms with Crippen molar-refractivity contribution in [3.8, 4) is 0 Å². The molecule has 0 atom stereocenters. The second-order valence-electron chi connectivity index (χ2n) is 4.15. The van der Waals surface area contributed by atoms with E-state index < -0.39 is 11.8 Å². The van der Waals surface area contributed by atoms with Crippen molar-refractivity contribution < 1.29 is 9.59 Å². The van der Waals surface area contributed by atoms with E-state index in [2.05, 4.69) is 16.0 Å². The number of amides is 2. The summed E-state index contributed by atoms with van der Waals surface area (Å²) < 4.78 is 1.39. The minimum atomic E-state index is -0.509. The number of aromatic nitrogens is 2. The van der Waals surface area contributed by atoms with Gasteiger partial charge in [0.25, 0.3) is 11.8 Å². The molecule has 2 rings (SSSR count). The molecule has 0 aliphatic rings. The van der Waals surface area contributed by atoms with Gasteiger partial charge in [0.15, 0.2) is 0 Å². The summed E-state index contributed by atoms with van der Waals surface area (Å²) in [5, 5.41) is 4.24. The molecule has 2 N–H and O–H groups in total. The van der Waals surface area contributed by atoms with E-state index in [1.807, 2.05) is 0 Å². The Morgan fingerprint density at radius 1 is 1.15 bits per heavy atom.